The number of aromatic amines is 1. The van der Waals surface area contributed by atoms with Gasteiger partial charge >= 0.3 is 0 Å². The number of aryl methyl sites for hydroxylation is 1. The molecule has 1 aromatic heterocycles. The lowest BCUT2D eigenvalue weighted by Crippen LogP contribution is -2.13. The van der Waals surface area contributed by atoms with Gasteiger partial charge in [0, 0.05) is 5.56 Å². The number of nitrogens with zero attached hydrogens (tertiary/aromatic N) is 1. The van der Waals surface area contributed by atoms with Gasteiger partial charge in [0.15, 0.2) is 0 Å². The van der Waals surface area contributed by atoms with Crippen LogP contribution in [-0.2, 0) is 5.41 Å². The molecule has 0 bridgehead atoms. The number of imidazole rings is 1. The number of aliphatic hydroxyl groups excluding tert-OH is 1. The number of benzene rings is 1. The second-order valence-electron chi connectivity index (χ2n) is 5.05. The Bertz CT molecular complexity index is 587. The summed E-state index contributed by atoms with van der Waals surface area (Å²) in [5, 5.41) is 9.36. The lowest BCUT2D eigenvalue weighted by Gasteiger charge is -2.07. The topological polar surface area (TPSA) is 48.9 Å². The summed E-state index contributed by atoms with van der Waals surface area (Å²) >= 11 is 0. The molecule has 94 valence electrons. The Labute approximate surface area is 105 Å². The standard InChI is InChI=1S/C14H15FN2O/c1-9-6-10(2-3-11(9)15)12-7-16-13(17-12)14(8-18)4-5-14/h2-3,6-7,18H,4-5,8H2,1H3,(H,16,17). The molecule has 0 spiro atoms. The molecule has 1 aliphatic rings. The van der Waals surface area contributed by atoms with Crippen molar-refractivity contribution in [1.82, 2.24) is 9.97 Å². The maximum absolute atomic E-state index is 13.2. The number of aliphatic hydroxyl groups is 1. The van der Waals surface area contributed by atoms with Crippen molar-refractivity contribution in [3.8, 4) is 11.3 Å². The molecule has 4 heteroatoms. The lowest BCUT2D eigenvalue weighted by atomic mass is 10.1. The maximum Gasteiger partial charge on any atom is 0.126 e. The molecule has 0 saturated heterocycles. The summed E-state index contributed by atoms with van der Waals surface area (Å²) in [6, 6.07) is 4.99. The van der Waals surface area contributed by atoms with Crippen LogP contribution >= 0.6 is 0 Å². The second-order valence-corrected chi connectivity index (χ2v) is 5.05. The van der Waals surface area contributed by atoms with Crippen LogP contribution in [0.1, 0.15) is 24.2 Å². The van der Waals surface area contributed by atoms with Gasteiger partial charge in [-0.25, -0.2) is 9.37 Å². The van der Waals surface area contributed by atoms with Crippen molar-refractivity contribution in [3.63, 3.8) is 0 Å². The summed E-state index contributed by atoms with van der Waals surface area (Å²) in [6.07, 6.45) is 3.69. The molecule has 2 aromatic rings. The van der Waals surface area contributed by atoms with Gasteiger partial charge in [0.05, 0.1) is 23.9 Å². The number of rotatable bonds is 3. The molecule has 3 rings (SSSR count). The first kappa shape index (κ1) is 11.4. The van der Waals surface area contributed by atoms with E-state index in [1.165, 1.54) is 6.07 Å². The lowest BCUT2D eigenvalue weighted by molar-refractivity contribution is 0.250. The van der Waals surface area contributed by atoms with Gasteiger partial charge in [0.1, 0.15) is 11.6 Å². The van der Waals surface area contributed by atoms with Crippen molar-refractivity contribution in [3.05, 3.63) is 41.6 Å². The third-order valence-corrected chi connectivity index (χ3v) is 3.70. The van der Waals surface area contributed by atoms with Crippen LogP contribution in [0, 0.1) is 12.7 Å². The molecule has 1 aliphatic carbocycles. The first-order valence-corrected chi connectivity index (χ1v) is 6.07. The predicted octanol–water partition coefficient (Wildman–Crippen LogP) is 2.55. The number of hydrogen-bond donors (Lipinski definition) is 2. The number of aromatic nitrogens is 2. The Morgan fingerprint density at radius 1 is 1.44 bits per heavy atom. The van der Waals surface area contributed by atoms with Gasteiger partial charge < -0.3 is 10.1 Å². The van der Waals surface area contributed by atoms with E-state index in [1.54, 1.807) is 25.3 Å². The third kappa shape index (κ3) is 1.73. The van der Waals surface area contributed by atoms with Crippen molar-refractivity contribution in [2.45, 2.75) is 25.2 Å². The van der Waals surface area contributed by atoms with Crippen LogP contribution in [0.4, 0.5) is 4.39 Å². The van der Waals surface area contributed by atoms with Crippen LogP contribution in [0.25, 0.3) is 11.3 Å². The summed E-state index contributed by atoms with van der Waals surface area (Å²) in [7, 11) is 0. The van der Waals surface area contributed by atoms with Crippen molar-refractivity contribution in [2.75, 3.05) is 6.61 Å². The Kier molecular flexibility index (Phi) is 2.48. The van der Waals surface area contributed by atoms with E-state index >= 15 is 0 Å². The Morgan fingerprint density at radius 3 is 2.83 bits per heavy atom. The minimum Gasteiger partial charge on any atom is -0.395 e. The molecular formula is C14H15FN2O. The molecule has 1 saturated carbocycles. The Balaban J connectivity index is 1.95. The maximum atomic E-state index is 13.2. The Hall–Kier alpha value is -1.68. The van der Waals surface area contributed by atoms with E-state index in [-0.39, 0.29) is 17.8 Å². The summed E-state index contributed by atoms with van der Waals surface area (Å²) in [5.41, 5.74) is 2.24. The van der Waals surface area contributed by atoms with E-state index in [1.807, 2.05) is 0 Å². The van der Waals surface area contributed by atoms with Crippen LogP contribution in [0.15, 0.2) is 24.4 Å². The molecular weight excluding hydrogens is 231 g/mol. The van der Waals surface area contributed by atoms with Crippen molar-refractivity contribution >= 4 is 0 Å². The quantitative estimate of drug-likeness (QED) is 0.874. The van der Waals surface area contributed by atoms with Gasteiger partial charge in [-0.1, -0.05) is 0 Å². The summed E-state index contributed by atoms with van der Waals surface area (Å²) in [5.74, 6) is 0.634. The predicted molar refractivity (Wildman–Crippen MR) is 66.7 cm³/mol. The van der Waals surface area contributed by atoms with E-state index in [0.717, 1.165) is 29.9 Å². The van der Waals surface area contributed by atoms with Crippen LogP contribution < -0.4 is 0 Å². The largest absolute Gasteiger partial charge is 0.395 e. The Morgan fingerprint density at radius 2 is 2.22 bits per heavy atom. The number of hydrogen-bond acceptors (Lipinski definition) is 2. The molecule has 18 heavy (non-hydrogen) atoms. The fourth-order valence-corrected chi connectivity index (χ4v) is 2.17. The average molecular weight is 246 g/mol. The highest BCUT2D eigenvalue weighted by molar-refractivity contribution is 5.59. The zero-order valence-corrected chi connectivity index (χ0v) is 10.2. The van der Waals surface area contributed by atoms with Crippen LogP contribution in [0.3, 0.4) is 0 Å². The molecule has 2 N–H and O–H groups in total. The first-order chi connectivity index (χ1) is 8.64. The zero-order chi connectivity index (χ0) is 12.8. The highest BCUT2D eigenvalue weighted by Crippen LogP contribution is 2.46. The molecule has 1 heterocycles. The van der Waals surface area contributed by atoms with Gasteiger partial charge in [0.25, 0.3) is 0 Å². The molecule has 3 nitrogen and oxygen atoms in total. The highest BCUT2D eigenvalue weighted by Gasteiger charge is 2.46. The van der Waals surface area contributed by atoms with E-state index in [9.17, 15) is 9.50 Å². The van der Waals surface area contributed by atoms with Gasteiger partial charge in [-0.15, -0.1) is 0 Å². The van der Waals surface area contributed by atoms with Crippen LogP contribution in [0.5, 0.6) is 0 Å². The highest BCUT2D eigenvalue weighted by atomic mass is 19.1. The van der Waals surface area contributed by atoms with E-state index in [4.69, 9.17) is 0 Å². The molecule has 0 amide bonds. The first-order valence-electron chi connectivity index (χ1n) is 6.07. The SMILES string of the molecule is Cc1cc(-c2cnc(C3(CO)CC3)[nH]2)ccc1F. The molecule has 0 atom stereocenters. The van der Waals surface area contributed by atoms with E-state index < -0.39 is 0 Å². The van der Waals surface area contributed by atoms with Gasteiger partial charge in [0.2, 0.25) is 0 Å². The molecule has 0 unspecified atom stereocenters. The fourth-order valence-electron chi connectivity index (χ4n) is 2.17. The number of nitrogens with one attached hydrogen (secondary N) is 1. The van der Waals surface area contributed by atoms with E-state index in [0.29, 0.717) is 5.56 Å². The summed E-state index contributed by atoms with van der Waals surface area (Å²) in [4.78, 5) is 7.58. The van der Waals surface area contributed by atoms with Gasteiger partial charge in [-0.2, -0.15) is 0 Å². The molecule has 0 radical (unpaired) electrons. The zero-order valence-electron chi connectivity index (χ0n) is 10.2. The van der Waals surface area contributed by atoms with Crippen molar-refractivity contribution in [2.24, 2.45) is 0 Å². The monoisotopic (exact) mass is 246 g/mol. The fraction of sp³-hybridized carbons (Fsp3) is 0.357. The molecule has 1 fully saturated rings. The number of halogens is 1. The normalized spacial score (nSPS) is 16.8. The van der Waals surface area contributed by atoms with Crippen LogP contribution in [-0.4, -0.2) is 21.7 Å². The number of H-pyrrole nitrogens is 1. The van der Waals surface area contributed by atoms with E-state index in [2.05, 4.69) is 9.97 Å². The summed E-state index contributed by atoms with van der Waals surface area (Å²) in [6.45, 7) is 1.87. The van der Waals surface area contributed by atoms with Gasteiger partial charge in [-0.05, 0) is 43.5 Å². The van der Waals surface area contributed by atoms with Crippen LogP contribution in [0.2, 0.25) is 0 Å². The smallest absolute Gasteiger partial charge is 0.126 e. The second kappa shape index (κ2) is 3.92. The third-order valence-electron chi connectivity index (χ3n) is 3.70. The summed E-state index contributed by atoms with van der Waals surface area (Å²) < 4.78 is 13.2. The molecule has 0 aliphatic heterocycles. The molecule has 1 aromatic carbocycles. The van der Waals surface area contributed by atoms with Gasteiger partial charge in [-0.3, -0.25) is 0 Å². The van der Waals surface area contributed by atoms with Crippen molar-refractivity contribution < 1.29 is 9.50 Å². The minimum atomic E-state index is -0.201. The minimum absolute atomic E-state index is 0.127. The van der Waals surface area contributed by atoms with Crippen molar-refractivity contribution in [1.29, 1.82) is 0 Å². The average Bonchev–Trinajstić information content (AvgIpc) is 3.02.